The normalized spacial score (nSPS) is 25.1. The zero-order chi connectivity index (χ0) is 6.97. The molecule has 12 heavy (non-hydrogen) atoms. The van der Waals surface area contributed by atoms with Gasteiger partial charge in [-0.25, -0.2) is 0 Å². The van der Waals surface area contributed by atoms with Crippen LogP contribution in [0.3, 0.4) is 0 Å². The van der Waals surface area contributed by atoms with Gasteiger partial charge >= 0.3 is 0 Å². The smallest absolute Gasteiger partial charge is 0.0115 e. The van der Waals surface area contributed by atoms with E-state index < -0.39 is 0 Å². The first kappa shape index (κ1) is 11.8. The molecule has 0 aliphatic heterocycles. The summed E-state index contributed by atoms with van der Waals surface area (Å²) in [6.07, 6.45) is 1.17. The van der Waals surface area contributed by atoms with Gasteiger partial charge < -0.3 is 5.73 Å². The lowest BCUT2D eigenvalue weighted by atomic mass is 10.1. The minimum absolute atomic E-state index is 0. The Hall–Kier alpha value is -0.240. The Morgan fingerprint density at radius 2 is 1.58 bits per heavy atom. The fraction of sp³-hybridized carbons (Fsp3) is 0.333. The Bertz CT molecular complexity index is 225. The van der Waals surface area contributed by atoms with Crippen molar-refractivity contribution < 1.29 is 0 Å². The van der Waals surface area contributed by atoms with Crippen molar-refractivity contribution in [3.05, 3.63) is 35.9 Å². The lowest BCUT2D eigenvalue weighted by molar-refractivity contribution is 0.991. The summed E-state index contributed by atoms with van der Waals surface area (Å²) in [5.74, 6) is 0.654. The van der Waals surface area contributed by atoms with Crippen LogP contribution in [0.1, 0.15) is 17.9 Å². The van der Waals surface area contributed by atoms with E-state index in [1.165, 1.54) is 12.0 Å². The van der Waals surface area contributed by atoms with Gasteiger partial charge in [-0.1, -0.05) is 30.3 Å². The van der Waals surface area contributed by atoms with Crippen LogP contribution in [0.2, 0.25) is 0 Å². The molecule has 0 bridgehead atoms. The van der Waals surface area contributed by atoms with Crippen LogP contribution in [-0.2, 0) is 0 Å². The van der Waals surface area contributed by atoms with Gasteiger partial charge in [-0.2, -0.15) is 0 Å². The van der Waals surface area contributed by atoms with Crippen LogP contribution in [0.5, 0.6) is 0 Å². The van der Waals surface area contributed by atoms with E-state index in [-0.39, 0.29) is 24.8 Å². The molecule has 0 saturated heterocycles. The van der Waals surface area contributed by atoms with Gasteiger partial charge in [0.15, 0.2) is 0 Å². The summed E-state index contributed by atoms with van der Waals surface area (Å²) in [7, 11) is 0. The van der Waals surface area contributed by atoms with Gasteiger partial charge in [-0.3, -0.25) is 0 Å². The van der Waals surface area contributed by atoms with Crippen molar-refractivity contribution in [2.45, 2.75) is 18.4 Å². The van der Waals surface area contributed by atoms with Crippen molar-refractivity contribution in [3.8, 4) is 0 Å². The van der Waals surface area contributed by atoms with Gasteiger partial charge in [0.25, 0.3) is 0 Å². The Balaban J connectivity index is 0.000000605. The molecule has 0 amide bonds. The number of hydrogen-bond acceptors (Lipinski definition) is 1. The summed E-state index contributed by atoms with van der Waals surface area (Å²) >= 11 is 0. The number of hydrogen-bond donors (Lipinski definition) is 1. The van der Waals surface area contributed by atoms with E-state index in [4.69, 9.17) is 5.73 Å². The van der Waals surface area contributed by atoms with Crippen LogP contribution in [0.25, 0.3) is 0 Å². The lowest BCUT2D eigenvalue weighted by Crippen LogP contribution is -2.00. The van der Waals surface area contributed by atoms with E-state index >= 15 is 0 Å². The molecule has 1 aliphatic carbocycles. The maximum Gasteiger partial charge on any atom is 0.0115 e. The molecule has 1 aliphatic rings. The molecule has 2 unspecified atom stereocenters. The molecule has 0 spiro atoms. The third-order valence-electron chi connectivity index (χ3n) is 2.07. The van der Waals surface area contributed by atoms with E-state index in [0.29, 0.717) is 12.0 Å². The van der Waals surface area contributed by atoms with Crippen molar-refractivity contribution in [3.63, 3.8) is 0 Å². The van der Waals surface area contributed by atoms with Gasteiger partial charge in [0.05, 0.1) is 0 Å². The van der Waals surface area contributed by atoms with Crippen LogP contribution in [-0.4, -0.2) is 6.04 Å². The topological polar surface area (TPSA) is 26.0 Å². The van der Waals surface area contributed by atoms with Crippen LogP contribution in [0, 0.1) is 0 Å². The van der Waals surface area contributed by atoms with Crippen LogP contribution >= 0.6 is 24.8 Å². The number of nitrogens with two attached hydrogens (primary N) is 1. The molecule has 1 saturated carbocycles. The highest BCUT2D eigenvalue weighted by atomic mass is 35.5. The summed E-state index contributed by atoms with van der Waals surface area (Å²) in [4.78, 5) is 0. The maximum absolute atomic E-state index is 5.70. The predicted molar refractivity (Wildman–Crippen MR) is 56.3 cm³/mol. The summed E-state index contributed by atoms with van der Waals surface area (Å²) in [5.41, 5.74) is 7.10. The van der Waals surface area contributed by atoms with Gasteiger partial charge in [0.1, 0.15) is 0 Å². The second-order valence-electron chi connectivity index (χ2n) is 2.92. The number of halogens is 2. The van der Waals surface area contributed by atoms with Gasteiger partial charge in [-0.05, 0) is 12.0 Å². The fourth-order valence-electron chi connectivity index (χ4n) is 1.30. The molecule has 2 atom stereocenters. The van der Waals surface area contributed by atoms with Crippen molar-refractivity contribution in [1.82, 2.24) is 0 Å². The molecule has 68 valence electrons. The van der Waals surface area contributed by atoms with Gasteiger partial charge in [0, 0.05) is 12.0 Å². The fourth-order valence-corrected chi connectivity index (χ4v) is 1.30. The molecule has 0 heterocycles. The van der Waals surface area contributed by atoms with Crippen molar-refractivity contribution in [1.29, 1.82) is 0 Å². The Labute approximate surface area is 85.2 Å². The highest BCUT2D eigenvalue weighted by Gasteiger charge is 2.34. The molecule has 1 fully saturated rings. The first-order valence-corrected chi connectivity index (χ1v) is 3.68. The van der Waals surface area contributed by atoms with Crippen molar-refractivity contribution in [2.75, 3.05) is 0 Å². The van der Waals surface area contributed by atoms with E-state index in [2.05, 4.69) is 24.3 Å². The minimum Gasteiger partial charge on any atom is -0.327 e. The zero-order valence-electron chi connectivity index (χ0n) is 6.64. The molecular formula is C9H13Cl2N. The third kappa shape index (κ3) is 2.37. The number of benzene rings is 1. The monoisotopic (exact) mass is 205 g/mol. The second kappa shape index (κ2) is 4.70. The summed E-state index contributed by atoms with van der Waals surface area (Å²) < 4.78 is 0. The highest BCUT2D eigenvalue weighted by molar-refractivity contribution is 5.85. The molecule has 0 aromatic heterocycles. The quantitative estimate of drug-likeness (QED) is 0.749. The Morgan fingerprint density at radius 3 is 2.00 bits per heavy atom. The Morgan fingerprint density at radius 1 is 1.08 bits per heavy atom. The summed E-state index contributed by atoms with van der Waals surface area (Å²) in [5, 5.41) is 0. The summed E-state index contributed by atoms with van der Waals surface area (Å²) in [6.45, 7) is 0. The summed E-state index contributed by atoms with van der Waals surface area (Å²) in [6, 6.07) is 10.9. The van der Waals surface area contributed by atoms with Crippen LogP contribution < -0.4 is 5.73 Å². The third-order valence-corrected chi connectivity index (χ3v) is 2.07. The molecule has 1 nitrogen and oxygen atoms in total. The first-order chi connectivity index (χ1) is 4.88. The first-order valence-electron chi connectivity index (χ1n) is 3.68. The Kier molecular flexibility index (Phi) is 4.61. The SMILES string of the molecule is Cl.Cl.NC1CC1c1ccccc1. The molecule has 0 radical (unpaired) electrons. The highest BCUT2D eigenvalue weighted by Crippen LogP contribution is 2.38. The van der Waals surface area contributed by atoms with Crippen molar-refractivity contribution in [2.24, 2.45) is 5.73 Å². The van der Waals surface area contributed by atoms with E-state index in [9.17, 15) is 0 Å². The largest absolute Gasteiger partial charge is 0.327 e. The van der Waals surface area contributed by atoms with E-state index in [0.717, 1.165) is 0 Å². The maximum atomic E-state index is 5.70. The zero-order valence-corrected chi connectivity index (χ0v) is 8.28. The standard InChI is InChI=1S/C9H11N.2ClH/c10-9-6-8(9)7-4-2-1-3-5-7;;/h1-5,8-9H,6,10H2;2*1H. The number of rotatable bonds is 1. The van der Waals surface area contributed by atoms with Crippen LogP contribution in [0.15, 0.2) is 30.3 Å². The molecule has 1 aromatic rings. The molecular weight excluding hydrogens is 193 g/mol. The molecule has 2 N–H and O–H groups in total. The predicted octanol–water partition coefficient (Wildman–Crippen LogP) is 2.34. The van der Waals surface area contributed by atoms with Crippen molar-refractivity contribution >= 4 is 24.8 Å². The minimum atomic E-state index is 0. The molecule has 3 heteroatoms. The van der Waals surface area contributed by atoms with Gasteiger partial charge in [0.2, 0.25) is 0 Å². The van der Waals surface area contributed by atoms with E-state index in [1.54, 1.807) is 0 Å². The molecule has 1 aromatic carbocycles. The molecule has 2 rings (SSSR count). The second-order valence-corrected chi connectivity index (χ2v) is 2.92. The lowest BCUT2D eigenvalue weighted by Gasteiger charge is -1.94. The van der Waals surface area contributed by atoms with Gasteiger partial charge in [-0.15, -0.1) is 24.8 Å². The van der Waals surface area contributed by atoms with Crippen LogP contribution in [0.4, 0.5) is 0 Å². The average molecular weight is 206 g/mol. The van der Waals surface area contributed by atoms with E-state index in [1.807, 2.05) is 6.07 Å². The average Bonchev–Trinajstić information content (AvgIpc) is 2.69.